The van der Waals surface area contributed by atoms with E-state index < -0.39 is 0 Å². The van der Waals surface area contributed by atoms with Gasteiger partial charge < -0.3 is 5.32 Å². The second kappa shape index (κ2) is 9.79. The van der Waals surface area contributed by atoms with Crippen molar-refractivity contribution >= 4 is 11.6 Å². The molecule has 0 aliphatic heterocycles. The molecule has 0 fully saturated rings. The summed E-state index contributed by atoms with van der Waals surface area (Å²) in [6.07, 6.45) is 5.02. The number of halogens is 1. The number of hydrogen-bond acceptors (Lipinski definition) is 1. The van der Waals surface area contributed by atoms with Gasteiger partial charge in [-0.3, -0.25) is 0 Å². The van der Waals surface area contributed by atoms with Crippen LogP contribution in [0.1, 0.15) is 46.5 Å². The molecule has 1 unspecified atom stereocenters. The zero-order chi connectivity index (χ0) is 10.8. The summed E-state index contributed by atoms with van der Waals surface area (Å²) in [7, 11) is 0. The lowest BCUT2D eigenvalue weighted by molar-refractivity contribution is 0.439. The lowest BCUT2D eigenvalue weighted by Gasteiger charge is -2.14. The molecule has 0 heterocycles. The lowest BCUT2D eigenvalue weighted by atomic mass is 10.0. The first kappa shape index (κ1) is 14.2. The van der Waals surface area contributed by atoms with Gasteiger partial charge in [0.15, 0.2) is 0 Å². The Morgan fingerprint density at radius 3 is 2.43 bits per heavy atom. The Kier molecular flexibility index (Phi) is 9.97. The molecule has 0 saturated carbocycles. The molecule has 0 aromatic carbocycles. The third-order valence-corrected chi connectivity index (χ3v) is 2.88. The summed E-state index contributed by atoms with van der Waals surface area (Å²) in [5.41, 5.74) is 0. The molecule has 2 heteroatoms. The molecular weight excluding hydrogens is 194 g/mol. The highest BCUT2D eigenvalue weighted by molar-refractivity contribution is 6.17. The standard InChI is InChI=1S/C12H26ClN/c1-4-12(7-8-13)10-14-9-5-6-11(2)3/h11-12,14H,4-10H2,1-3H3. The molecule has 1 nitrogen and oxygen atoms in total. The molecular formula is C12H26ClN. The predicted octanol–water partition coefficient (Wildman–Crippen LogP) is 3.67. The van der Waals surface area contributed by atoms with Crippen molar-refractivity contribution in [2.45, 2.75) is 46.5 Å². The Balaban J connectivity index is 3.24. The fourth-order valence-corrected chi connectivity index (χ4v) is 1.85. The molecule has 0 aliphatic rings. The molecule has 0 spiro atoms. The third kappa shape index (κ3) is 8.83. The van der Waals surface area contributed by atoms with Crippen LogP contribution in [0.3, 0.4) is 0 Å². The van der Waals surface area contributed by atoms with E-state index in [1.165, 1.54) is 19.3 Å². The van der Waals surface area contributed by atoms with Gasteiger partial charge in [0.2, 0.25) is 0 Å². The van der Waals surface area contributed by atoms with Crippen LogP contribution < -0.4 is 5.32 Å². The highest BCUT2D eigenvalue weighted by Gasteiger charge is 2.04. The number of nitrogens with one attached hydrogen (secondary N) is 1. The van der Waals surface area contributed by atoms with E-state index in [-0.39, 0.29) is 0 Å². The van der Waals surface area contributed by atoms with E-state index in [9.17, 15) is 0 Å². The minimum Gasteiger partial charge on any atom is -0.316 e. The Bertz CT molecular complexity index is 115. The summed E-state index contributed by atoms with van der Waals surface area (Å²) in [6, 6.07) is 0. The van der Waals surface area contributed by atoms with Crippen LogP contribution in [0.25, 0.3) is 0 Å². The van der Waals surface area contributed by atoms with Gasteiger partial charge in [0.05, 0.1) is 0 Å². The van der Waals surface area contributed by atoms with Crippen LogP contribution in [0.5, 0.6) is 0 Å². The van der Waals surface area contributed by atoms with Crippen LogP contribution in [0.15, 0.2) is 0 Å². The molecule has 0 aromatic rings. The Morgan fingerprint density at radius 1 is 1.21 bits per heavy atom. The van der Waals surface area contributed by atoms with Gasteiger partial charge in [-0.05, 0) is 44.2 Å². The molecule has 0 saturated heterocycles. The first-order valence-corrected chi connectivity index (χ1v) is 6.50. The second-order valence-electron chi connectivity index (χ2n) is 4.49. The van der Waals surface area contributed by atoms with Crippen LogP contribution in [0.2, 0.25) is 0 Å². The van der Waals surface area contributed by atoms with Crippen molar-refractivity contribution in [1.29, 1.82) is 0 Å². The molecule has 86 valence electrons. The zero-order valence-electron chi connectivity index (χ0n) is 9.98. The van der Waals surface area contributed by atoms with Crippen LogP contribution in [-0.2, 0) is 0 Å². The molecule has 14 heavy (non-hydrogen) atoms. The summed E-state index contributed by atoms with van der Waals surface area (Å²) >= 11 is 5.73. The first-order valence-electron chi connectivity index (χ1n) is 5.97. The number of alkyl halides is 1. The quantitative estimate of drug-likeness (QED) is 0.461. The van der Waals surface area contributed by atoms with E-state index >= 15 is 0 Å². The number of hydrogen-bond donors (Lipinski definition) is 1. The molecule has 0 aromatic heterocycles. The maximum atomic E-state index is 5.73. The summed E-state index contributed by atoms with van der Waals surface area (Å²) in [6.45, 7) is 9.11. The van der Waals surface area contributed by atoms with Gasteiger partial charge in [-0.2, -0.15) is 0 Å². The fourth-order valence-electron chi connectivity index (χ4n) is 1.55. The van der Waals surface area contributed by atoms with Gasteiger partial charge in [0.1, 0.15) is 0 Å². The Morgan fingerprint density at radius 2 is 1.93 bits per heavy atom. The van der Waals surface area contributed by atoms with Crippen LogP contribution in [0.4, 0.5) is 0 Å². The van der Waals surface area contributed by atoms with Crippen LogP contribution >= 0.6 is 11.6 Å². The van der Waals surface area contributed by atoms with Crippen LogP contribution in [-0.4, -0.2) is 19.0 Å². The Hall–Kier alpha value is 0.250. The molecule has 1 N–H and O–H groups in total. The van der Waals surface area contributed by atoms with Crippen molar-refractivity contribution in [2.75, 3.05) is 19.0 Å². The molecule has 0 rings (SSSR count). The van der Waals surface area contributed by atoms with Crippen molar-refractivity contribution in [3.8, 4) is 0 Å². The number of rotatable bonds is 9. The third-order valence-electron chi connectivity index (χ3n) is 2.66. The molecule has 0 amide bonds. The van der Waals surface area contributed by atoms with E-state index in [4.69, 9.17) is 11.6 Å². The SMILES string of the molecule is CCC(CCCl)CNCCCC(C)C. The normalized spacial score (nSPS) is 13.5. The van der Waals surface area contributed by atoms with E-state index in [1.54, 1.807) is 0 Å². The minimum absolute atomic E-state index is 0.770. The smallest absolute Gasteiger partial charge is 0.0226 e. The summed E-state index contributed by atoms with van der Waals surface area (Å²) in [4.78, 5) is 0. The monoisotopic (exact) mass is 219 g/mol. The van der Waals surface area contributed by atoms with E-state index in [1.807, 2.05) is 0 Å². The van der Waals surface area contributed by atoms with Crippen molar-refractivity contribution in [2.24, 2.45) is 11.8 Å². The summed E-state index contributed by atoms with van der Waals surface area (Å²) in [5, 5.41) is 3.52. The van der Waals surface area contributed by atoms with Crippen molar-refractivity contribution in [3.05, 3.63) is 0 Å². The highest BCUT2D eigenvalue weighted by atomic mass is 35.5. The van der Waals surface area contributed by atoms with E-state index in [0.717, 1.165) is 37.2 Å². The van der Waals surface area contributed by atoms with Gasteiger partial charge >= 0.3 is 0 Å². The van der Waals surface area contributed by atoms with Crippen molar-refractivity contribution in [1.82, 2.24) is 5.32 Å². The topological polar surface area (TPSA) is 12.0 Å². The fraction of sp³-hybridized carbons (Fsp3) is 1.00. The molecule has 0 aliphatic carbocycles. The highest BCUT2D eigenvalue weighted by Crippen LogP contribution is 2.08. The average Bonchev–Trinajstić information content (AvgIpc) is 2.15. The average molecular weight is 220 g/mol. The van der Waals surface area contributed by atoms with Crippen LogP contribution in [0, 0.1) is 11.8 Å². The first-order chi connectivity index (χ1) is 6.70. The summed E-state index contributed by atoms with van der Waals surface area (Å²) in [5.74, 6) is 2.40. The predicted molar refractivity (Wildman–Crippen MR) is 66.1 cm³/mol. The second-order valence-corrected chi connectivity index (χ2v) is 4.87. The van der Waals surface area contributed by atoms with Crippen molar-refractivity contribution in [3.63, 3.8) is 0 Å². The van der Waals surface area contributed by atoms with E-state index in [0.29, 0.717) is 0 Å². The lowest BCUT2D eigenvalue weighted by Crippen LogP contribution is -2.24. The minimum atomic E-state index is 0.770. The summed E-state index contributed by atoms with van der Waals surface area (Å²) < 4.78 is 0. The van der Waals surface area contributed by atoms with Gasteiger partial charge in [0.25, 0.3) is 0 Å². The van der Waals surface area contributed by atoms with Gasteiger partial charge in [0, 0.05) is 5.88 Å². The van der Waals surface area contributed by atoms with Crippen molar-refractivity contribution < 1.29 is 0 Å². The molecule has 0 bridgehead atoms. The maximum Gasteiger partial charge on any atom is 0.0226 e. The molecule has 1 atom stereocenters. The maximum absolute atomic E-state index is 5.73. The largest absolute Gasteiger partial charge is 0.316 e. The van der Waals surface area contributed by atoms with Gasteiger partial charge in [-0.25, -0.2) is 0 Å². The van der Waals surface area contributed by atoms with Gasteiger partial charge in [-0.15, -0.1) is 11.6 Å². The molecule has 0 radical (unpaired) electrons. The zero-order valence-corrected chi connectivity index (χ0v) is 10.7. The van der Waals surface area contributed by atoms with E-state index in [2.05, 4.69) is 26.1 Å². The van der Waals surface area contributed by atoms with Gasteiger partial charge in [-0.1, -0.05) is 27.2 Å². The Labute approximate surface area is 94.6 Å².